The van der Waals surface area contributed by atoms with Crippen LogP contribution in [0.4, 0.5) is 5.69 Å². The first-order chi connectivity index (χ1) is 16.4. The maximum absolute atomic E-state index is 13.1. The van der Waals surface area contributed by atoms with Crippen LogP contribution in [0.25, 0.3) is 0 Å². The Kier molecular flexibility index (Phi) is 6.17. The summed E-state index contributed by atoms with van der Waals surface area (Å²) in [5.41, 5.74) is 0.403. The number of nitrogens with one attached hydrogen (secondary N) is 2. The normalized spacial score (nSPS) is 17.2. The smallest absolute Gasteiger partial charge is 0.257 e. The van der Waals surface area contributed by atoms with Crippen LogP contribution in [0.2, 0.25) is 0 Å². The summed E-state index contributed by atoms with van der Waals surface area (Å²) < 4.78 is 31.5. The zero-order valence-electron chi connectivity index (χ0n) is 18.1. The molecule has 2 aliphatic rings. The molecule has 0 atom stereocenters. The van der Waals surface area contributed by atoms with E-state index in [1.165, 1.54) is 41.7 Å². The van der Waals surface area contributed by atoms with Gasteiger partial charge in [-0.25, -0.2) is 13.4 Å². The van der Waals surface area contributed by atoms with Crippen molar-refractivity contribution in [2.24, 2.45) is 0 Å². The first-order valence-electron chi connectivity index (χ1n) is 10.7. The van der Waals surface area contributed by atoms with E-state index in [-0.39, 0.29) is 32.5 Å². The highest BCUT2D eigenvalue weighted by atomic mass is 32.2. The Labute approximate surface area is 200 Å². The van der Waals surface area contributed by atoms with Crippen LogP contribution in [0.3, 0.4) is 0 Å². The summed E-state index contributed by atoms with van der Waals surface area (Å²) in [6, 6.07) is 10.2. The number of carbonyl (C=O) groups is 2. The van der Waals surface area contributed by atoms with Gasteiger partial charge >= 0.3 is 0 Å². The van der Waals surface area contributed by atoms with E-state index in [1.807, 2.05) is 0 Å². The molecular weight excluding hydrogens is 476 g/mol. The number of amides is 2. The first-order valence-corrected chi connectivity index (χ1v) is 13.0. The number of hydrogen-bond acceptors (Lipinski definition) is 8. The summed E-state index contributed by atoms with van der Waals surface area (Å²) >= 11 is 1.54. The number of rotatable bonds is 5. The van der Waals surface area contributed by atoms with Gasteiger partial charge in [0.15, 0.2) is 0 Å². The highest BCUT2D eigenvalue weighted by molar-refractivity contribution is 7.91. The number of sulfone groups is 1. The Morgan fingerprint density at radius 3 is 2.76 bits per heavy atom. The molecule has 2 amide bonds. The Bertz CT molecular complexity index is 1360. The minimum atomic E-state index is -3.91. The highest BCUT2D eigenvalue weighted by Gasteiger charge is 2.31. The number of benzene rings is 2. The van der Waals surface area contributed by atoms with Crippen LogP contribution in [0.15, 0.2) is 58.5 Å². The predicted octanol–water partition coefficient (Wildman–Crippen LogP) is 2.30. The molecule has 0 spiro atoms. The van der Waals surface area contributed by atoms with Crippen molar-refractivity contribution < 1.29 is 22.7 Å². The molecule has 0 radical (unpaired) electrons. The minimum Gasteiger partial charge on any atom is -0.379 e. The predicted molar refractivity (Wildman–Crippen MR) is 126 cm³/mol. The summed E-state index contributed by atoms with van der Waals surface area (Å²) in [4.78, 5) is 32.9. The van der Waals surface area contributed by atoms with Crippen LogP contribution >= 0.6 is 11.3 Å². The summed E-state index contributed by atoms with van der Waals surface area (Å²) in [6.45, 7) is 4.25. The molecule has 2 aromatic carbocycles. The summed E-state index contributed by atoms with van der Waals surface area (Å²) in [6.07, 6.45) is 1.75. The Morgan fingerprint density at radius 2 is 1.94 bits per heavy atom. The second kappa shape index (κ2) is 9.26. The zero-order valence-corrected chi connectivity index (χ0v) is 19.7. The average Bonchev–Trinajstić information content (AvgIpc) is 3.27. The van der Waals surface area contributed by atoms with Crippen LogP contribution < -0.4 is 10.6 Å². The molecule has 0 bridgehead atoms. The van der Waals surface area contributed by atoms with Gasteiger partial charge in [0.2, 0.25) is 9.84 Å². The fourth-order valence-electron chi connectivity index (χ4n) is 3.92. The third-order valence-corrected chi connectivity index (χ3v) is 8.54. The van der Waals surface area contributed by atoms with Crippen molar-refractivity contribution in [1.82, 2.24) is 15.2 Å². The lowest BCUT2D eigenvalue weighted by Gasteiger charge is -2.25. The number of morpholine rings is 1. The van der Waals surface area contributed by atoms with Crippen molar-refractivity contribution in [1.29, 1.82) is 0 Å². The van der Waals surface area contributed by atoms with Crippen molar-refractivity contribution >= 4 is 38.7 Å². The van der Waals surface area contributed by atoms with Crippen molar-refractivity contribution in [2.75, 3.05) is 31.6 Å². The number of ether oxygens (including phenoxy) is 1. The van der Waals surface area contributed by atoms with Gasteiger partial charge in [0.25, 0.3) is 11.8 Å². The largest absolute Gasteiger partial charge is 0.379 e. The molecule has 0 unspecified atom stereocenters. The van der Waals surface area contributed by atoms with E-state index >= 15 is 0 Å². The molecule has 9 nitrogen and oxygen atoms in total. The molecule has 2 N–H and O–H groups in total. The minimum absolute atomic E-state index is 0.0439. The third kappa shape index (κ3) is 4.47. The molecule has 3 heterocycles. The van der Waals surface area contributed by atoms with Gasteiger partial charge in [0.1, 0.15) is 5.01 Å². The number of anilines is 1. The van der Waals surface area contributed by atoms with Crippen LogP contribution in [0.1, 0.15) is 30.6 Å². The SMILES string of the molecule is O=C(NCc1cnc(CN2CCOCC2)s1)c1ccc2c(c1)NC(=O)c1ccccc1S2(=O)=O. The maximum Gasteiger partial charge on any atom is 0.257 e. The van der Waals surface area contributed by atoms with Crippen LogP contribution in [-0.4, -0.2) is 56.4 Å². The van der Waals surface area contributed by atoms with Crippen molar-refractivity contribution in [3.63, 3.8) is 0 Å². The number of nitrogens with zero attached hydrogens (tertiary/aromatic N) is 2. The zero-order chi connectivity index (χ0) is 23.7. The number of aromatic nitrogens is 1. The monoisotopic (exact) mass is 498 g/mol. The third-order valence-electron chi connectivity index (χ3n) is 5.69. The fourth-order valence-corrected chi connectivity index (χ4v) is 6.42. The second-order valence-corrected chi connectivity index (χ2v) is 11.0. The van der Waals surface area contributed by atoms with Gasteiger partial charge in [-0.15, -0.1) is 11.3 Å². The molecule has 2 aliphatic heterocycles. The number of thiazole rings is 1. The Hall–Kier alpha value is -3.12. The molecule has 176 valence electrons. The Morgan fingerprint density at radius 1 is 1.15 bits per heavy atom. The second-order valence-electron chi connectivity index (χ2n) is 7.96. The number of carbonyl (C=O) groups excluding carboxylic acids is 2. The van der Waals surface area contributed by atoms with E-state index in [0.717, 1.165) is 42.7 Å². The van der Waals surface area contributed by atoms with E-state index in [9.17, 15) is 18.0 Å². The van der Waals surface area contributed by atoms with E-state index in [1.54, 1.807) is 18.3 Å². The lowest BCUT2D eigenvalue weighted by molar-refractivity contribution is 0.0341. The van der Waals surface area contributed by atoms with Gasteiger partial charge in [0.05, 0.1) is 47.3 Å². The molecule has 34 heavy (non-hydrogen) atoms. The van der Waals surface area contributed by atoms with Crippen molar-refractivity contribution in [3.05, 3.63) is 69.7 Å². The molecule has 1 saturated heterocycles. The lowest BCUT2D eigenvalue weighted by atomic mass is 10.1. The standard InChI is InChI=1S/C23H22N4O5S2/c28-22(25-13-16-12-24-21(33-16)14-27-7-9-32-10-8-27)15-5-6-20-18(11-15)26-23(29)17-3-1-2-4-19(17)34(20,30)31/h1-6,11-12H,7-10,13-14H2,(H,25,28)(H,26,29). The molecule has 0 saturated carbocycles. The van der Waals surface area contributed by atoms with E-state index in [4.69, 9.17) is 4.74 Å². The Balaban J connectivity index is 1.29. The molecule has 5 rings (SSSR count). The number of fused-ring (bicyclic) bond motifs is 2. The van der Waals surface area contributed by atoms with Gasteiger partial charge in [-0.05, 0) is 30.3 Å². The fraction of sp³-hybridized carbons (Fsp3) is 0.261. The molecule has 1 fully saturated rings. The summed E-state index contributed by atoms with van der Waals surface area (Å²) in [5, 5.41) is 6.44. The number of hydrogen-bond donors (Lipinski definition) is 2. The van der Waals surface area contributed by atoms with Gasteiger partial charge in [-0.2, -0.15) is 0 Å². The molecule has 1 aromatic heterocycles. The van der Waals surface area contributed by atoms with Crippen molar-refractivity contribution in [2.45, 2.75) is 22.9 Å². The summed E-state index contributed by atoms with van der Waals surface area (Å²) in [5.74, 6) is -0.910. The van der Waals surface area contributed by atoms with E-state index < -0.39 is 15.7 Å². The van der Waals surface area contributed by atoms with Crippen LogP contribution in [0.5, 0.6) is 0 Å². The van der Waals surface area contributed by atoms with Crippen LogP contribution in [-0.2, 0) is 27.7 Å². The van der Waals surface area contributed by atoms with Crippen LogP contribution in [0, 0.1) is 0 Å². The molecule has 3 aromatic rings. The van der Waals surface area contributed by atoms with Crippen molar-refractivity contribution in [3.8, 4) is 0 Å². The molecular formula is C23H22N4O5S2. The highest BCUT2D eigenvalue weighted by Crippen LogP contribution is 2.34. The molecule has 0 aliphatic carbocycles. The lowest BCUT2D eigenvalue weighted by Crippen LogP contribution is -2.35. The topological polar surface area (TPSA) is 118 Å². The summed E-state index contributed by atoms with van der Waals surface area (Å²) in [7, 11) is -3.91. The average molecular weight is 499 g/mol. The van der Waals surface area contributed by atoms with E-state index in [0.29, 0.717) is 6.54 Å². The quantitative estimate of drug-likeness (QED) is 0.554. The first kappa shape index (κ1) is 22.7. The van der Waals surface area contributed by atoms with Gasteiger partial charge in [0, 0.05) is 29.7 Å². The molecule has 11 heteroatoms. The maximum atomic E-state index is 13.1. The van der Waals surface area contributed by atoms with Gasteiger partial charge < -0.3 is 15.4 Å². The van der Waals surface area contributed by atoms with Gasteiger partial charge in [-0.1, -0.05) is 12.1 Å². The van der Waals surface area contributed by atoms with E-state index in [2.05, 4.69) is 20.5 Å². The van der Waals surface area contributed by atoms with Gasteiger partial charge in [-0.3, -0.25) is 14.5 Å².